The molecule has 0 saturated carbocycles. The molecule has 0 fully saturated rings. The van der Waals surface area contributed by atoms with Gasteiger partial charge in [0.15, 0.2) is 11.5 Å². The third kappa shape index (κ3) is 4.39. The van der Waals surface area contributed by atoms with Crippen molar-refractivity contribution in [3.63, 3.8) is 0 Å². The van der Waals surface area contributed by atoms with Gasteiger partial charge in [0.25, 0.3) is 11.6 Å². The molecular formula is C20H20F3N5O3. The van der Waals surface area contributed by atoms with E-state index in [9.17, 15) is 18.0 Å². The molecular weight excluding hydrogens is 415 g/mol. The molecule has 3 aromatic rings. The fourth-order valence-corrected chi connectivity index (χ4v) is 3.40. The van der Waals surface area contributed by atoms with Crippen LogP contribution in [-0.2, 0) is 23.8 Å². The highest BCUT2D eigenvalue weighted by atomic mass is 19.4. The minimum Gasteiger partial charge on any atom is -0.486 e. The first-order valence-electron chi connectivity index (χ1n) is 9.67. The van der Waals surface area contributed by atoms with Crippen molar-refractivity contribution >= 4 is 11.7 Å². The van der Waals surface area contributed by atoms with E-state index in [2.05, 4.69) is 20.4 Å². The highest BCUT2D eigenvalue weighted by molar-refractivity contribution is 5.79. The molecule has 0 atom stereocenters. The van der Waals surface area contributed by atoms with Gasteiger partial charge < -0.3 is 14.8 Å². The van der Waals surface area contributed by atoms with Crippen LogP contribution in [0.25, 0.3) is 5.78 Å². The summed E-state index contributed by atoms with van der Waals surface area (Å²) in [6.45, 7) is 4.64. The summed E-state index contributed by atoms with van der Waals surface area (Å²) < 4.78 is 50.7. The van der Waals surface area contributed by atoms with Crippen LogP contribution in [-0.4, -0.2) is 45.2 Å². The van der Waals surface area contributed by atoms with Gasteiger partial charge in [0.1, 0.15) is 13.2 Å². The topological polar surface area (TPSA) is 90.6 Å². The number of nitrogens with one attached hydrogen (secondary N) is 1. The quantitative estimate of drug-likeness (QED) is 0.662. The summed E-state index contributed by atoms with van der Waals surface area (Å²) in [7, 11) is 0. The number of carbonyl (C=O) groups is 1. The Hall–Kier alpha value is -3.37. The van der Waals surface area contributed by atoms with E-state index in [1.54, 1.807) is 13.8 Å². The SMILES string of the molecule is Cc1nc2nc(C(F)(F)F)nn2c(C)c1CC(=O)NCCc1ccc2c(c1)OCCO2. The zero-order chi connectivity index (χ0) is 22.2. The second kappa shape index (κ2) is 8.05. The normalized spacial score (nSPS) is 13.5. The van der Waals surface area contributed by atoms with Crippen molar-refractivity contribution in [1.82, 2.24) is 24.9 Å². The molecule has 1 aliphatic rings. The summed E-state index contributed by atoms with van der Waals surface area (Å²) >= 11 is 0. The van der Waals surface area contributed by atoms with Gasteiger partial charge in [0.2, 0.25) is 5.91 Å². The largest absolute Gasteiger partial charge is 0.486 e. The number of alkyl halides is 3. The number of benzene rings is 1. The molecule has 4 rings (SSSR count). The van der Waals surface area contributed by atoms with Gasteiger partial charge in [-0.15, -0.1) is 5.10 Å². The number of hydrogen-bond donors (Lipinski definition) is 1. The standard InChI is InChI=1S/C20H20F3N5O3/c1-11-14(12(2)28-19(25-11)26-18(27-28)20(21,22)23)10-17(29)24-6-5-13-3-4-15-16(9-13)31-8-7-30-15/h3-4,9H,5-8,10H2,1-2H3,(H,24,29). The number of amides is 1. The van der Waals surface area contributed by atoms with Crippen molar-refractivity contribution in [2.45, 2.75) is 32.9 Å². The Kier molecular flexibility index (Phi) is 5.42. The lowest BCUT2D eigenvalue weighted by Crippen LogP contribution is -2.28. The van der Waals surface area contributed by atoms with Crippen LogP contribution in [0, 0.1) is 13.8 Å². The van der Waals surface area contributed by atoms with Crippen LogP contribution in [0.15, 0.2) is 18.2 Å². The second-order valence-corrected chi connectivity index (χ2v) is 7.16. The fourth-order valence-electron chi connectivity index (χ4n) is 3.40. The first-order chi connectivity index (χ1) is 14.7. The van der Waals surface area contributed by atoms with Crippen LogP contribution in [0.1, 0.15) is 28.3 Å². The van der Waals surface area contributed by atoms with Gasteiger partial charge in [-0.3, -0.25) is 4.79 Å². The molecule has 0 bridgehead atoms. The van der Waals surface area contributed by atoms with Crippen molar-refractivity contribution in [3.8, 4) is 11.5 Å². The molecule has 1 amide bonds. The molecule has 1 aliphatic heterocycles. The molecule has 0 saturated heterocycles. The third-order valence-corrected chi connectivity index (χ3v) is 4.98. The van der Waals surface area contributed by atoms with Crippen LogP contribution < -0.4 is 14.8 Å². The zero-order valence-corrected chi connectivity index (χ0v) is 16.9. The van der Waals surface area contributed by atoms with Gasteiger partial charge >= 0.3 is 6.18 Å². The van der Waals surface area contributed by atoms with Gasteiger partial charge in [-0.05, 0) is 38.0 Å². The smallest absolute Gasteiger partial charge is 0.453 e. The molecule has 0 unspecified atom stereocenters. The van der Waals surface area contributed by atoms with Crippen molar-refractivity contribution in [3.05, 3.63) is 46.5 Å². The summed E-state index contributed by atoms with van der Waals surface area (Å²) in [6.07, 6.45) is -4.10. The molecule has 1 aromatic carbocycles. The lowest BCUT2D eigenvalue weighted by molar-refractivity contribution is -0.144. The lowest BCUT2D eigenvalue weighted by atomic mass is 10.1. The zero-order valence-electron chi connectivity index (χ0n) is 16.9. The molecule has 3 heterocycles. The Morgan fingerprint density at radius 3 is 2.65 bits per heavy atom. The summed E-state index contributed by atoms with van der Waals surface area (Å²) in [6, 6.07) is 5.64. The van der Waals surface area contributed by atoms with Crippen LogP contribution in [0.5, 0.6) is 11.5 Å². The van der Waals surface area contributed by atoms with E-state index in [0.29, 0.717) is 54.6 Å². The Bertz CT molecular complexity index is 1140. The maximum Gasteiger partial charge on any atom is 0.453 e. The van der Waals surface area contributed by atoms with Crippen molar-refractivity contribution in [2.75, 3.05) is 19.8 Å². The average molecular weight is 435 g/mol. The predicted octanol–water partition coefficient (Wildman–Crippen LogP) is 2.43. The number of ether oxygens (including phenoxy) is 2. The summed E-state index contributed by atoms with van der Waals surface area (Å²) in [4.78, 5) is 19.9. The molecule has 31 heavy (non-hydrogen) atoms. The molecule has 164 valence electrons. The average Bonchev–Trinajstić information content (AvgIpc) is 3.16. The molecule has 8 nitrogen and oxygen atoms in total. The van der Waals surface area contributed by atoms with Gasteiger partial charge in [-0.25, -0.2) is 9.50 Å². The molecule has 2 aromatic heterocycles. The Morgan fingerprint density at radius 1 is 1.16 bits per heavy atom. The van der Waals surface area contributed by atoms with Crippen LogP contribution in [0.2, 0.25) is 0 Å². The minimum absolute atomic E-state index is 0.0248. The first kappa shape index (κ1) is 20.9. The van der Waals surface area contributed by atoms with E-state index in [0.717, 1.165) is 10.1 Å². The molecule has 1 N–H and O–H groups in total. The fraction of sp³-hybridized carbons (Fsp3) is 0.400. The lowest BCUT2D eigenvalue weighted by Gasteiger charge is -2.19. The van der Waals surface area contributed by atoms with E-state index in [1.165, 1.54) is 0 Å². The monoisotopic (exact) mass is 435 g/mol. The number of fused-ring (bicyclic) bond motifs is 2. The molecule has 0 aliphatic carbocycles. The van der Waals surface area contributed by atoms with Gasteiger partial charge in [0, 0.05) is 23.5 Å². The summed E-state index contributed by atoms with van der Waals surface area (Å²) in [5.41, 5.74) is 2.34. The third-order valence-electron chi connectivity index (χ3n) is 4.98. The number of aryl methyl sites for hydroxylation is 2. The number of carbonyl (C=O) groups excluding carboxylic acids is 1. The van der Waals surface area contributed by atoms with Crippen LogP contribution in [0.4, 0.5) is 13.2 Å². The van der Waals surface area contributed by atoms with E-state index < -0.39 is 12.0 Å². The Labute approximate surface area is 175 Å². The van der Waals surface area contributed by atoms with Crippen molar-refractivity contribution in [1.29, 1.82) is 0 Å². The van der Waals surface area contributed by atoms with Crippen molar-refractivity contribution < 1.29 is 27.4 Å². The number of rotatable bonds is 5. The van der Waals surface area contributed by atoms with Crippen molar-refractivity contribution in [2.24, 2.45) is 0 Å². The summed E-state index contributed by atoms with van der Waals surface area (Å²) in [5.74, 6) is -0.281. The predicted molar refractivity (Wildman–Crippen MR) is 103 cm³/mol. The Morgan fingerprint density at radius 2 is 1.90 bits per heavy atom. The van der Waals surface area contributed by atoms with E-state index in [-0.39, 0.29) is 18.1 Å². The van der Waals surface area contributed by atoms with E-state index in [1.807, 2.05) is 18.2 Å². The Balaban J connectivity index is 1.41. The number of hydrogen-bond acceptors (Lipinski definition) is 6. The maximum absolute atomic E-state index is 12.9. The highest BCUT2D eigenvalue weighted by Crippen LogP contribution is 2.31. The number of aromatic nitrogens is 4. The van der Waals surface area contributed by atoms with Crippen LogP contribution in [0.3, 0.4) is 0 Å². The summed E-state index contributed by atoms with van der Waals surface area (Å²) in [5, 5.41) is 6.32. The minimum atomic E-state index is -4.67. The highest BCUT2D eigenvalue weighted by Gasteiger charge is 2.37. The molecule has 11 heteroatoms. The van der Waals surface area contributed by atoms with Gasteiger partial charge in [-0.2, -0.15) is 18.2 Å². The van der Waals surface area contributed by atoms with Gasteiger partial charge in [0.05, 0.1) is 6.42 Å². The van der Waals surface area contributed by atoms with E-state index in [4.69, 9.17) is 9.47 Å². The first-order valence-corrected chi connectivity index (χ1v) is 9.67. The van der Waals surface area contributed by atoms with E-state index >= 15 is 0 Å². The second-order valence-electron chi connectivity index (χ2n) is 7.16. The maximum atomic E-state index is 12.9. The number of halogens is 3. The van der Waals surface area contributed by atoms with Crippen LogP contribution >= 0.6 is 0 Å². The number of nitrogens with zero attached hydrogens (tertiary/aromatic N) is 4. The van der Waals surface area contributed by atoms with Gasteiger partial charge in [-0.1, -0.05) is 6.07 Å². The molecule has 0 radical (unpaired) electrons. The molecule has 0 spiro atoms.